The zero-order valence-electron chi connectivity index (χ0n) is 20.8. The molecule has 200 valence electrons. The van der Waals surface area contributed by atoms with E-state index >= 15 is 0 Å². The van der Waals surface area contributed by atoms with E-state index < -0.39 is 0 Å². The van der Waals surface area contributed by atoms with Crippen LogP contribution in [0.25, 0.3) is 11.3 Å². The van der Waals surface area contributed by atoms with Gasteiger partial charge < -0.3 is 10.1 Å². The number of benzene rings is 4. The molecule has 2 N–H and O–H groups in total. The number of nitrogens with zero attached hydrogens (tertiary/aromatic N) is 2. The molecule has 0 saturated carbocycles. The molecule has 0 spiro atoms. The van der Waals surface area contributed by atoms with Crippen molar-refractivity contribution in [3.05, 3.63) is 128 Å². The summed E-state index contributed by atoms with van der Waals surface area (Å²) in [6.07, 6.45) is 1.49. The maximum absolute atomic E-state index is 12.7. The van der Waals surface area contributed by atoms with Gasteiger partial charge in [0.15, 0.2) is 5.13 Å². The van der Waals surface area contributed by atoms with Gasteiger partial charge in [-0.05, 0) is 60.7 Å². The van der Waals surface area contributed by atoms with Crippen molar-refractivity contribution in [2.24, 2.45) is 5.10 Å². The van der Waals surface area contributed by atoms with E-state index in [9.17, 15) is 4.79 Å². The fraction of sp³-hybridized carbons (Fsp3) is 0.0333. The largest absolute Gasteiger partial charge is 0.488 e. The summed E-state index contributed by atoms with van der Waals surface area (Å²) >= 11 is 19.8. The van der Waals surface area contributed by atoms with Gasteiger partial charge in [0.05, 0.1) is 11.9 Å². The lowest BCUT2D eigenvalue weighted by Gasteiger charge is -2.10. The van der Waals surface area contributed by atoms with E-state index in [4.69, 9.17) is 39.5 Å². The SMILES string of the molecule is O=C(N/N=C\c1cc(Cl)ccc1OCc1ccccc1Cl)c1ccc(-c2csc(Nc3ccc(Cl)cc3)n2)cc1. The first-order valence-electron chi connectivity index (χ1n) is 12.0. The molecule has 5 rings (SSSR count). The lowest BCUT2D eigenvalue weighted by molar-refractivity contribution is 0.0955. The summed E-state index contributed by atoms with van der Waals surface area (Å²) < 4.78 is 5.93. The van der Waals surface area contributed by atoms with Gasteiger partial charge in [-0.15, -0.1) is 11.3 Å². The Balaban J connectivity index is 1.20. The fourth-order valence-corrected chi connectivity index (χ4v) is 4.90. The quantitative estimate of drug-likeness (QED) is 0.130. The molecule has 1 amide bonds. The van der Waals surface area contributed by atoms with Gasteiger partial charge in [-0.25, -0.2) is 10.4 Å². The third kappa shape index (κ3) is 7.20. The summed E-state index contributed by atoms with van der Waals surface area (Å²) in [7, 11) is 0. The van der Waals surface area contributed by atoms with Crippen molar-refractivity contribution in [1.29, 1.82) is 0 Å². The van der Waals surface area contributed by atoms with Crippen molar-refractivity contribution in [3.8, 4) is 17.0 Å². The summed E-state index contributed by atoms with van der Waals surface area (Å²) in [4.78, 5) is 17.3. The average Bonchev–Trinajstić information content (AvgIpc) is 3.43. The Bertz CT molecular complexity index is 1650. The van der Waals surface area contributed by atoms with E-state index in [-0.39, 0.29) is 12.5 Å². The molecule has 0 fully saturated rings. The molecule has 0 bridgehead atoms. The van der Waals surface area contributed by atoms with E-state index in [1.807, 2.05) is 60.0 Å². The number of amides is 1. The second-order valence-electron chi connectivity index (χ2n) is 8.51. The number of hydrogen-bond acceptors (Lipinski definition) is 6. The molecule has 0 radical (unpaired) electrons. The average molecular weight is 608 g/mol. The highest BCUT2D eigenvalue weighted by atomic mass is 35.5. The molecule has 0 aliphatic carbocycles. The van der Waals surface area contributed by atoms with Crippen LogP contribution in [0.3, 0.4) is 0 Å². The molecule has 40 heavy (non-hydrogen) atoms. The van der Waals surface area contributed by atoms with Crippen molar-refractivity contribution in [2.75, 3.05) is 5.32 Å². The molecule has 6 nitrogen and oxygen atoms in total. The topological polar surface area (TPSA) is 75.6 Å². The molecule has 10 heteroatoms. The van der Waals surface area contributed by atoms with Crippen LogP contribution in [0.1, 0.15) is 21.5 Å². The molecule has 0 saturated heterocycles. The monoisotopic (exact) mass is 606 g/mol. The van der Waals surface area contributed by atoms with Gasteiger partial charge in [0.25, 0.3) is 5.91 Å². The maximum atomic E-state index is 12.7. The van der Waals surface area contributed by atoms with Crippen molar-refractivity contribution in [2.45, 2.75) is 6.61 Å². The van der Waals surface area contributed by atoms with Crippen LogP contribution in [0.2, 0.25) is 15.1 Å². The number of carbonyl (C=O) groups is 1. The standard InChI is InChI=1S/C30H21Cl3N4O2S/c31-23-9-12-25(13-10-23)35-30-36-27(18-40-30)19-5-7-20(8-6-19)29(38)37-34-16-22-15-24(32)11-14-28(22)39-17-21-3-1-2-4-26(21)33/h1-16,18H,17H2,(H,35,36)(H,37,38)/b34-16-. The Kier molecular flexibility index (Phi) is 8.98. The first-order valence-corrected chi connectivity index (χ1v) is 14.0. The van der Waals surface area contributed by atoms with Crippen molar-refractivity contribution in [3.63, 3.8) is 0 Å². The molecule has 0 aliphatic heterocycles. The zero-order chi connectivity index (χ0) is 27.9. The number of carbonyl (C=O) groups excluding carboxylic acids is 1. The van der Waals surface area contributed by atoms with Gasteiger partial charge in [0.2, 0.25) is 0 Å². The van der Waals surface area contributed by atoms with Crippen LogP contribution >= 0.6 is 46.1 Å². The molecule has 0 unspecified atom stereocenters. The number of nitrogens with one attached hydrogen (secondary N) is 2. The van der Waals surface area contributed by atoms with Crippen LogP contribution in [0.15, 0.2) is 101 Å². The Labute approximate surface area is 250 Å². The minimum atomic E-state index is -0.355. The number of ether oxygens (including phenoxy) is 1. The van der Waals surface area contributed by atoms with Crippen LogP contribution in [-0.2, 0) is 6.61 Å². The smallest absolute Gasteiger partial charge is 0.271 e. The van der Waals surface area contributed by atoms with Gasteiger partial charge >= 0.3 is 0 Å². The van der Waals surface area contributed by atoms with Gasteiger partial charge in [-0.1, -0.05) is 65.1 Å². The van der Waals surface area contributed by atoms with E-state index in [2.05, 4.69) is 20.8 Å². The van der Waals surface area contributed by atoms with Crippen LogP contribution in [0.4, 0.5) is 10.8 Å². The molecule has 5 aromatic rings. The van der Waals surface area contributed by atoms with Gasteiger partial charge in [-0.3, -0.25) is 4.79 Å². The highest BCUT2D eigenvalue weighted by Gasteiger charge is 2.09. The number of thiazole rings is 1. The molecule has 4 aromatic carbocycles. The van der Waals surface area contributed by atoms with E-state index in [1.54, 1.807) is 36.4 Å². The van der Waals surface area contributed by atoms with Crippen LogP contribution in [0, 0.1) is 0 Å². The van der Waals surface area contributed by atoms with Crippen molar-refractivity contribution >= 4 is 69.1 Å². The second kappa shape index (κ2) is 13.0. The lowest BCUT2D eigenvalue weighted by atomic mass is 10.1. The van der Waals surface area contributed by atoms with Crippen LogP contribution in [-0.4, -0.2) is 17.1 Å². The van der Waals surface area contributed by atoms with Gasteiger partial charge in [0, 0.05) is 48.4 Å². The predicted molar refractivity (Wildman–Crippen MR) is 165 cm³/mol. The minimum absolute atomic E-state index is 0.276. The number of halogens is 3. The number of hydrazone groups is 1. The number of aromatic nitrogens is 1. The number of rotatable bonds is 9. The Morgan fingerprint density at radius 2 is 1.68 bits per heavy atom. The van der Waals surface area contributed by atoms with E-state index in [0.717, 1.165) is 27.6 Å². The number of anilines is 2. The normalized spacial score (nSPS) is 11.0. The summed E-state index contributed by atoms with van der Waals surface area (Å²) in [6, 6.07) is 27.2. The third-order valence-corrected chi connectivity index (χ3v) is 7.34. The first kappa shape index (κ1) is 27.7. The third-order valence-electron chi connectivity index (χ3n) is 5.73. The summed E-state index contributed by atoms with van der Waals surface area (Å²) in [5.41, 5.74) is 7.06. The molecule has 1 heterocycles. The molecule has 1 aromatic heterocycles. The Hall–Kier alpha value is -3.88. The molecule has 0 aliphatic rings. The summed E-state index contributed by atoms with van der Waals surface area (Å²) in [6.45, 7) is 0.276. The van der Waals surface area contributed by atoms with Crippen LogP contribution < -0.4 is 15.5 Å². The Morgan fingerprint density at radius 3 is 2.45 bits per heavy atom. The second-order valence-corrected chi connectivity index (χ2v) is 10.6. The van der Waals surface area contributed by atoms with Crippen LogP contribution in [0.5, 0.6) is 5.75 Å². The van der Waals surface area contributed by atoms with Crippen molar-refractivity contribution in [1.82, 2.24) is 10.4 Å². The fourth-order valence-electron chi connectivity index (χ4n) is 3.66. The van der Waals surface area contributed by atoms with E-state index in [0.29, 0.717) is 31.9 Å². The molecular weight excluding hydrogens is 587 g/mol. The maximum Gasteiger partial charge on any atom is 0.271 e. The van der Waals surface area contributed by atoms with Gasteiger partial charge in [0.1, 0.15) is 12.4 Å². The summed E-state index contributed by atoms with van der Waals surface area (Å²) in [5, 5.41) is 11.9. The molecular formula is C30H21Cl3N4O2S. The first-order chi connectivity index (χ1) is 19.4. The lowest BCUT2D eigenvalue weighted by Crippen LogP contribution is -2.17. The summed E-state index contributed by atoms with van der Waals surface area (Å²) in [5.74, 6) is 0.201. The number of hydrogen-bond donors (Lipinski definition) is 2. The predicted octanol–water partition coefficient (Wildman–Crippen LogP) is 8.86. The Morgan fingerprint density at radius 1 is 0.925 bits per heavy atom. The zero-order valence-corrected chi connectivity index (χ0v) is 23.9. The van der Waals surface area contributed by atoms with Crippen molar-refractivity contribution < 1.29 is 9.53 Å². The minimum Gasteiger partial charge on any atom is -0.488 e. The molecule has 0 atom stereocenters. The highest BCUT2D eigenvalue weighted by Crippen LogP contribution is 2.28. The highest BCUT2D eigenvalue weighted by molar-refractivity contribution is 7.14. The van der Waals surface area contributed by atoms with E-state index in [1.165, 1.54) is 17.6 Å². The van der Waals surface area contributed by atoms with Gasteiger partial charge in [-0.2, -0.15) is 5.10 Å².